The van der Waals surface area contributed by atoms with Gasteiger partial charge in [-0.1, -0.05) is 0 Å². The molecule has 0 aromatic heterocycles. The highest BCUT2D eigenvalue weighted by molar-refractivity contribution is 5.50. The Morgan fingerprint density at radius 1 is 1.05 bits per heavy atom. The van der Waals surface area contributed by atoms with E-state index in [4.69, 9.17) is 40.9 Å². The Bertz CT molecular complexity index is 302. The summed E-state index contributed by atoms with van der Waals surface area (Å²) in [6.45, 7) is -0.998. The number of aliphatic hydroxyl groups excluding tert-OH is 8. The summed E-state index contributed by atoms with van der Waals surface area (Å²) in [4.78, 5) is 9.82. The van der Waals surface area contributed by atoms with Crippen molar-refractivity contribution in [2.45, 2.75) is 55.8 Å². The minimum atomic E-state index is -1.47. The lowest BCUT2D eigenvalue weighted by molar-refractivity contribution is -0.251. The van der Waals surface area contributed by atoms with Crippen LogP contribution in [0.15, 0.2) is 0 Å². The topological polar surface area (TPSA) is 188 Å². The van der Waals surface area contributed by atoms with Gasteiger partial charge in [-0.3, -0.25) is 0 Å². The average molecular weight is 328 g/mol. The Morgan fingerprint density at radius 2 is 1.64 bits per heavy atom. The second-order valence-electron chi connectivity index (χ2n) is 4.83. The molecular formula is C12H24O10. The summed E-state index contributed by atoms with van der Waals surface area (Å²) in [6, 6.07) is 0. The summed E-state index contributed by atoms with van der Waals surface area (Å²) < 4.78 is 4.67. The lowest BCUT2D eigenvalue weighted by atomic mass is 10.0. The van der Waals surface area contributed by atoms with Crippen LogP contribution in [0.1, 0.15) is 12.8 Å². The first-order chi connectivity index (χ1) is 10.3. The molecule has 1 fully saturated rings. The molecular weight excluding hydrogens is 304 g/mol. The Morgan fingerprint density at radius 3 is 2.09 bits per heavy atom. The molecule has 1 aliphatic rings. The van der Waals surface area contributed by atoms with Gasteiger partial charge in [-0.05, 0) is 0 Å². The molecule has 0 saturated carbocycles. The van der Waals surface area contributed by atoms with Gasteiger partial charge in [0.15, 0.2) is 6.29 Å². The summed E-state index contributed by atoms with van der Waals surface area (Å²) in [5.74, 6) is 0. The normalized spacial score (nSPS) is 32.4. The van der Waals surface area contributed by atoms with E-state index in [-0.39, 0.29) is 19.4 Å². The fourth-order valence-corrected chi connectivity index (χ4v) is 1.64. The molecule has 10 heteroatoms. The van der Waals surface area contributed by atoms with Gasteiger partial charge in [0.05, 0.1) is 25.4 Å². The van der Waals surface area contributed by atoms with E-state index in [0.717, 1.165) is 0 Å². The number of aliphatic hydroxyl groups is 8. The molecule has 1 heterocycles. The molecule has 7 atom stereocenters. The van der Waals surface area contributed by atoms with Crippen molar-refractivity contribution in [1.82, 2.24) is 0 Å². The van der Waals surface area contributed by atoms with Crippen molar-refractivity contribution in [3.63, 3.8) is 0 Å². The standard InChI is InChI=1S/2C6H12O5/c7-2-5-3(8)1-4(9)6(10)11-5;7-2-1-4(9)6(11)5(10)3-8/h3-10H,1-2H2;2,4-6,8-11H,1,3H2/t3-,4-,5+,6?;4-,5-,6+/m01/s1. The number of aldehydes is 1. The van der Waals surface area contributed by atoms with Crippen LogP contribution in [0.4, 0.5) is 0 Å². The molecule has 10 nitrogen and oxygen atoms in total. The molecule has 0 aromatic carbocycles. The fourth-order valence-electron chi connectivity index (χ4n) is 1.64. The van der Waals surface area contributed by atoms with Gasteiger partial charge in [-0.25, -0.2) is 0 Å². The van der Waals surface area contributed by atoms with Crippen molar-refractivity contribution in [1.29, 1.82) is 0 Å². The smallest absolute Gasteiger partial charge is 0.181 e. The monoisotopic (exact) mass is 328 g/mol. The maximum absolute atomic E-state index is 9.82. The number of carbonyl (C=O) groups excluding carboxylic acids is 1. The summed E-state index contributed by atoms with van der Waals surface area (Å²) >= 11 is 0. The molecule has 8 N–H and O–H groups in total. The van der Waals surface area contributed by atoms with E-state index in [2.05, 4.69) is 4.74 Å². The molecule has 132 valence electrons. The zero-order chi connectivity index (χ0) is 17.3. The van der Waals surface area contributed by atoms with Crippen molar-refractivity contribution in [3.8, 4) is 0 Å². The van der Waals surface area contributed by atoms with Crippen LogP contribution in [-0.4, -0.2) is 103 Å². The van der Waals surface area contributed by atoms with E-state index in [1.165, 1.54) is 0 Å². The number of hydrogen-bond acceptors (Lipinski definition) is 10. The molecule has 0 aliphatic carbocycles. The molecule has 0 aromatic rings. The second kappa shape index (κ2) is 10.9. The SMILES string of the molecule is O=CC[C@@H](O)[C@H](O)[C@H](O)CO.OC[C@H]1OC(O)[C@@H](O)C[C@@H]1O. The molecule has 0 amide bonds. The van der Waals surface area contributed by atoms with Crippen molar-refractivity contribution in [3.05, 3.63) is 0 Å². The Balaban J connectivity index is 0.000000401. The largest absolute Gasteiger partial charge is 0.394 e. The van der Waals surface area contributed by atoms with Gasteiger partial charge in [-0.2, -0.15) is 0 Å². The van der Waals surface area contributed by atoms with Crippen molar-refractivity contribution in [2.24, 2.45) is 0 Å². The van der Waals surface area contributed by atoms with Crippen LogP contribution in [0, 0.1) is 0 Å². The van der Waals surface area contributed by atoms with Crippen LogP contribution < -0.4 is 0 Å². The molecule has 1 rings (SSSR count). The van der Waals surface area contributed by atoms with Gasteiger partial charge in [0.25, 0.3) is 0 Å². The fraction of sp³-hybridized carbons (Fsp3) is 0.917. The highest BCUT2D eigenvalue weighted by Gasteiger charge is 2.34. The third kappa shape index (κ3) is 7.05. The minimum absolute atomic E-state index is 0.0341. The Hall–Kier alpha value is -0.690. The van der Waals surface area contributed by atoms with Gasteiger partial charge in [0, 0.05) is 12.8 Å². The van der Waals surface area contributed by atoms with Gasteiger partial charge in [0.2, 0.25) is 0 Å². The molecule has 1 unspecified atom stereocenters. The van der Waals surface area contributed by atoms with Crippen LogP contribution >= 0.6 is 0 Å². The van der Waals surface area contributed by atoms with E-state index < -0.39 is 49.5 Å². The van der Waals surface area contributed by atoms with Gasteiger partial charge in [0.1, 0.15) is 30.7 Å². The summed E-state index contributed by atoms with van der Waals surface area (Å²) in [5, 5.41) is 70.4. The quantitative estimate of drug-likeness (QED) is 0.220. The molecule has 1 aliphatic heterocycles. The van der Waals surface area contributed by atoms with Crippen LogP contribution in [0.2, 0.25) is 0 Å². The lowest BCUT2D eigenvalue weighted by Crippen LogP contribution is -2.48. The third-order valence-corrected chi connectivity index (χ3v) is 3.05. The van der Waals surface area contributed by atoms with Crippen LogP contribution in [-0.2, 0) is 9.53 Å². The van der Waals surface area contributed by atoms with Crippen molar-refractivity contribution < 1.29 is 50.4 Å². The first kappa shape index (κ1) is 21.3. The van der Waals surface area contributed by atoms with Gasteiger partial charge in [-0.15, -0.1) is 0 Å². The lowest BCUT2D eigenvalue weighted by Gasteiger charge is -2.33. The van der Waals surface area contributed by atoms with Gasteiger partial charge >= 0.3 is 0 Å². The third-order valence-electron chi connectivity index (χ3n) is 3.05. The Labute approximate surface area is 126 Å². The number of rotatable bonds is 6. The predicted octanol–water partition coefficient (Wildman–Crippen LogP) is -4.54. The minimum Gasteiger partial charge on any atom is -0.394 e. The van der Waals surface area contributed by atoms with E-state index in [9.17, 15) is 4.79 Å². The average Bonchev–Trinajstić information content (AvgIpc) is 2.50. The first-order valence-electron chi connectivity index (χ1n) is 6.67. The zero-order valence-electron chi connectivity index (χ0n) is 11.8. The van der Waals surface area contributed by atoms with Crippen LogP contribution in [0.5, 0.6) is 0 Å². The molecule has 22 heavy (non-hydrogen) atoms. The number of carbonyl (C=O) groups is 1. The predicted molar refractivity (Wildman–Crippen MR) is 70.4 cm³/mol. The van der Waals surface area contributed by atoms with E-state index in [1.807, 2.05) is 0 Å². The molecule has 0 radical (unpaired) electrons. The summed E-state index contributed by atoms with van der Waals surface area (Å²) in [7, 11) is 0. The maximum atomic E-state index is 9.82. The highest BCUT2D eigenvalue weighted by atomic mass is 16.6. The molecule has 0 spiro atoms. The van der Waals surface area contributed by atoms with Crippen molar-refractivity contribution >= 4 is 6.29 Å². The van der Waals surface area contributed by atoms with E-state index in [0.29, 0.717) is 6.29 Å². The maximum Gasteiger partial charge on any atom is 0.181 e. The molecule has 0 bridgehead atoms. The number of ether oxygens (including phenoxy) is 1. The highest BCUT2D eigenvalue weighted by Crippen LogP contribution is 2.18. The summed E-state index contributed by atoms with van der Waals surface area (Å²) in [6.07, 6.45) is -8.01. The van der Waals surface area contributed by atoms with E-state index >= 15 is 0 Å². The second-order valence-corrected chi connectivity index (χ2v) is 4.83. The van der Waals surface area contributed by atoms with Crippen LogP contribution in [0.25, 0.3) is 0 Å². The first-order valence-corrected chi connectivity index (χ1v) is 6.67. The van der Waals surface area contributed by atoms with Crippen molar-refractivity contribution in [2.75, 3.05) is 13.2 Å². The number of hydrogen-bond donors (Lipinski definition) is 8. The molecule has 1 saturated heterocycles. The zero-order valence-corrected chi connectivity index (χ0v) is 11.8. The van der Waals surface area contributed by atoms with Gasteiger partial charge < -0.3 is 50.4 Å². The van der Waals surface area contributed by atoms with Crippen LogP contribution in [0.3, 0.4) is 0 Å². The van der Waals surface area contributed by atoms with E-state index in [1.54, 1.807) is 0 Å². The summed E-state index contributed by atoms with van der Waals surface area (Å²) in [5.41, 5.74) is 0. The Kier molecular flexibility index (Phi) is 10.6.